The molecule has 6 heteroatoms. The summed E-state index contributed by atoms with van der Waals surface area (Å²) in [6.45, 7) is 6.28. The molecule has 0 radical (unpaired) electrons. The lowest BCUT2D eigenvalue weighted by Gasteiger charge is -2.18. The van der Waals surface area contributed by atoms with E-state index in [1.807, 2.05) is 12.2 Å². The van der Waals surface area contributed by atoms with Crippen LogP contribution in [-0.2, 0) is 28.6 Å². The zero-order chi connectivity index (χ0) is 53.6. The SMILES string of the molecule is CC/C=C\C/C=C\C/C=C\C/C=C\C/C=C\C/C=C\C/C=C\C/C=C\CCCCC(=O)OCC(COC(=O)CC/C=C\C/C=C\C/C=C\C/C=C\CC)OC(=O)CCCCCCC/C=C\CCCCCCCCC. The molecule has 0 heterocycles. The third-order valence-electron chi connectivity index (χ3n) is 11.8. The minimum absolute atomic E-state index is 0.133. The predicted molar refractivity (Wildman–Crippen MR) is 320 cm³/mol. The lowest BCUT2D eigenvalue weighted by atomic mass is 10.1. The summed E-state index contributed by atoms with van der Waals surface area (Å²) in [7, 11) is 0. The van der Waals surface area contributed by atoms with E-state index in [0.717, 1.165) is 122 Å². The van der Waals surface area contributed by atoms with E-state index >= 15 is 0 Å². The second-order valence-electron chi connectivity index (χ2n) is 18.8. The summed E-state index contributed by atoms with van der Waals surface area (Å²) in [5, 5.41) is 0. The molecule has 0 aromatic heterocycles. The molecule has 414 valence electrons. The number of ether oxygens (including phenoxy) is 3. The molecule has 0 amide bonds. The van der Waals surface area contributed by atoms with Crippen molar-refractivity contribution in [3.8, 4) is 0 Å². The summed E-state index contributed by atoms with van der Waals surface area (Å²) in [5.41, 5.74) is 0. The highest BCUT2D eigenvalue weighted by molar-refractivity contribution is 5.71. The number of allylic oxidation sites excluding steroid dienone is 26. The van der Waals surface area contributed by atoms with Crippen LogP contribution in [0.4, 0.5) is 0 Å². The summed E-state index contributed by atoms with van der Waals surface area (Å²) in [4.78, 5) is 38.1. The molecule has 0 saturated carbocycles. The van der Waals surface area contributed by atoms with Crippen LogP contribution in [0, 0.1) is 0 Å². The first-order valence-electron chi connectivity index (χ1n) is 29.5. The van der Waals surface area contributed by atoms with Crippen molar-refractivity contribution in [3.63, 3.8) is 0 Å². The van der Waals surface area contributed by atoms with E-state index in [4.69, 9.17) is 14.2 Å². The normalized spacial score (nSPS) is 13.3. The Hall–Kier alpha value is -4.97. The molecule has 0 aliphatic rings. The fourth-order valence-electron chi connectivity index (χ4n) is 7.41. The van der Waals surface area contributed by atoms with Gasteiger partial charge in [0.05, 0.1) is 0 Å². The van der Waals surface area contributed by atoms with Gasteiger partial charge in [0.25, 0.3) is 0 Å². The van der Waals surface area contributed by atoms with Crippen LogP contribution in [0.3, 0.4) is 0 Å². The van der Waals surface area contributed by atoms with Crippen molar-refractivity contribution in [1.29, 1.82) is 0 Å². The average Bonchev–Trinajstić information content (AvgIpc) is 3.40. The van der Waals surface area contributed by atoms with Crippen LogP contribution in [0.5, 0.6) is 0 Å². The smallest absolute Gasteiger partial charge is 0.306 e. The summed E-state index contributed by atoms with van der Waals surface area (Å²) in [6, 6.07) is 0. The average molecular weight is 1020 g/mol. The van der Waals surface area contributed by atoms with Gasteiger partial charge in [-0.25, -0.2) is 0 Å². The van der Waals surface area contributed by atoms with Crippen LogP contribution >= 0.6 is 0 Å². The fraction of sp³-hybridized carbons (Fsp3) is 0.574. The Morgan fingerprint density at radius 2 is 0.554 bits per heavy atom. The van der Waals surface area contributed by atoms with Gasteiger partial charge < -0.3 is 14.2 Å². The van der Waals surface area contributed by atoms with Gasteiger partial charge in [0.2, 0.25) is 0 Å². The molecule has 0 aromatic rings. The Morgan fingerprint density at radius 1 is 0.284 bits per heavy atom. The first kappa shape index (κ1) is 69.0. The highest BCUT2D eigenvalue weighted by atomic mass is 16.6. The second kappa shape index (κ2) is 60.6. The van der Waals surface area contributed by atoms with Gasteiger partial charge in [-0.15, -0.1) is 0 Å². The first-order valence-corrected chi connectivity index (χ1v) is 29.5. The van der Waals surface area contributed by atoms with Gasteiger partial charge in [-0.3, -0.25) is 14.4 Å². The topological polar surface area (TPSA) is 78.9 Å². The van der Waals surface area contributed by atoms with Gasteiger partial charge in [-0.05, 0) is 135 Å². The number of carbonyl (C=O) groups excluding carboxylic acids is 3. The van der Waals surface area contributed by atoms with Crippen molar-refractivity contribution in [2.45, 2.75) is 239 Å². The summed E-state index contributed by atoms with van der Waals surface area (Å²) in [5.74, 6) is -1.07. The van der Waals surface area contributed by atoms with Crippen molar-refractivity contribution in [2.75, 3.05) is 13.2 Å². The third kappa shape index (κ3) is 57.9. The molecule has 0 aliphatic heterocycles. The van der Waals surface area contributed by atoms with Gasteiger partial charge in [-0.1, -0.05) is 237 Å². The van der Waals surface area contributed by atoms with Gasteiger partial charge in [0.15, 0.2) is 6.10 Å². The van der Waals surface area contributed by atoms with E-state index < -0.39 is 6.10 Å². The van der Waals surface area contributed by atoms with E-state index in [1.54, 1.807) is 0 Å². The Kier molecular flexibility index (Phi) is 56.5. The predicted octanol–water partition coefficient (Wildman–Crippen LogP) is 20.1. The Bertz CT molecular complexity index is 1690. The molecule has 0 aliphatic carbocycles. The fourth-order valence-corrected chi connectivity index (χ4v) is 7.41. The molecule has 0 N–H and O–H groups in total. The minimum atomic E-state index is -0.837. The van der Waals surface area contributed by atoms with Crippen LogP contribution in [0.2, 0.25) is 0 Å². The number of unbranched alkanes of at least 4 members (excludes halogenated alkanes) is 14. The molecule has 74 heavy (non-hydrogen) atoms. The van der Waals surface area contributed by atoms with Crippen LogP contribution < -0.4 is 0 Å². The van der Waals surface area contributed by atoms with Crippen molar-refractivity contribution in [2.24, 2.45) is 0 Å². The number of esters is 3. The molecule has 1 unspecified atom stereocenters. The molecule has 0 bridgehead atoms. The maximum Gasteiger partial charge on any atom is 0.306 e. The maximum atomic E-state index is 12.8. The molecule has 1 atom stereocenters. The number of rotatable bonds is 51. The van der Waals surface area contributed by atoms with E-state index in [0.29, 0.717) is 12.8 Å². The summed E-state index contributed by atoms with van der Waals surface area (Å²) >= 11 is 0. The molecule has 0 saturated heterocycles. The van der Waals surface area contributed by atoms with E-state index in [2.05, 4.69) is 167 Å². The van der Waals surface area contributed by atoms with Crippen LogP contribution in [0.1, 0.15) is 233 Å². The van der Waals surface area contributed by atoms with Crippen LogP contribution in [-0.4, -0.2) is 37.2 Å². The van der Waals surface area contributed by atoms with E-state index in [9.17, 15) is 14.4 Å². The molecule has 0 aromatic carbocycles. The van der Waals surface area contributed by atoms with Gasteiger partial charge in [-0.2, -0.15) is 0 Å². The molecule has 6 nitrogen and oxygen atoms in total. The molecule has 0 spiro atoms. The van der Waals surface area contributed by atoms with Crippen LogP contribution in [0.25, 0.3) is 0 Å². The van der Waals surface area contributed by atoms with Crippen LogP contribution in [0.15, 0.2) is 158 Å². The Morgan fingerprint density at radius 3 is 0.946 bits per heavy atom. The first-order chi connectivity index (χ1) is 36.5. The number of carbonyl (C=O) groups is 3. The van der Waals surface area contributed by atoms with Gasteiger partial charge in [0.1, 0.15) is 13.2 Å². The zero-order valence-electron chi connectivity index (χ0n) is 47.3. The lowest BCUT2D eigenvalue weighted by molar-refractivity contribution is -0.166. The third-order valence-corrected chi connectivity index (χ3v) is 11.8. The molecule has 0 fully saturated rings. The second-order valence-corrected chi connectivity index (χ2v) is 18.8. The summed E-state index contributed by atoms with van der Waals surface area (Å²) < 4.78 is 16.7. The minimum Gasteiger partial charge on any atom is -0.462 e. The highest BCUT2D eigenvalue weighted by Crippen LogP contribution is 2.13. The van der Waals surface area contributed by atoms with Crippen molar-refractivity contribution < 1.29 is 28.6 Å². The maximum absolute atomic E-state index is 12.8. The van der Waals surface area contributed by atoms with Gasteiger partial charge in [0, 0.05) is 19.3 Å². The van der Waals surface area contributed by atoms with E-state index in [-0.39, 0.29) is 50.4 Å². The quantitative estimate of drug-likeness (QED) is 0.0261. The molecular formula is C68H106O6. The highest BCUT2D eigenvalue weighted by Gasteiger charge is 2.19. The monoisotopic (exact) mass is 1020 g/mol. The summed E-state index contributed by atoms with van der Waals surface area (Å²) in [6.07, 6.45) is 88.3. The lowest BCUT2D eigenvalue weighted by Crippen LogP contribution is -2.30. The molecular weight excluding hydrogens is 913 g/mol. The standard InChI is InChI=1S/C68H106O6/c1-4-7-10-13-16-19-22-25-27-29-30-31-32-33-34-35-36-37-38-39-41-43-46-49-52-55-58-61-67(70)73-64-65(63-72-66(69)60-57-54-51-48-45-42-24-21-18-15-12-9-6-3)74-68(71)62-59-56-53-50-47-44-40-28-26-23-20-17-14-11-8-5-2/h7,9-10,12,16,18-19,21,25,27-28,30-31,33-34,36-37,39-42,45-46,49,51,54,65H,4-6,8,11,13-15,17,20,22-24,26,29,32,35,38,43-44,47-48,50,52-53,55-64H2,1-3H3/b10-7-,12-9-,19-16-,21-18-,27-25-,31-30-,34-33-,37-36-,40-28-,41-39-,45-42-,49-46-,54-51-. The number of hydrogen-bond acceptors (Lipinski definition) is 6. The van der Waals surface area contributed by atoms with Crippen molar-refractivity contribution in [1.82, 2.24) is 0 Å². The van der Waals surface area contributed by atoms with Crippen molar-refractivity contribution >= 4 is 17.9 Å². The Balaban J connectivity index is 4.51. The van der Waals surface area contributed by atoms with Crippen molar-refractivity contribution in [3.05, 3.63) is 158 Å². The molecule has 0 rings (SSSR count). The van der Waals surface area contributed by atoms with Gasteiger partial charge >= 0.3 is 17.9 Å². The number of hydrogen-bond donors (Lipinski definition) is 0. The Labute approximate surface area is 454 Å². The zero-order valence-corrected chi connectivity index (χ0v) is 47.3. The van der Waals surface area contributed by atoms with E-state index in [1.165, 1.54) is 57.8 Å². The largest absolute Gasteiger partial charge is 0.462 e.